The van der Waals surface area contributed by atoms with Crippen molar-refractivity contribution < 1.29 is 9.66 Å². The Balaban J connectivity index is 2.40. The molecule has 0 aliphatic carbocycles. The minimum atomic E-state index is -0.518. The van der Waals surface area contributed by atoms with Gasteiger partial charge < -0.3 is 4.74 Å². The molecule has 2 aromatic carbocycles. The largest absolute Gasteiger partial charge is 0.450 e. The molecule has 0 spiro atoms. The summed E-state index contributed by atoms with van der Waals surface area (Å²) in [5, 5.41) is 11.3. The van der Waals surface area contributed by atoms with Gasteiger partial charge in [0.1, 0.15) is 5.75 Å². The first-order chi connectivity index (χ1) is 8.97. The Morgan fingerprint density at radius 3 is 2.53 bits per heavy atom. The number of nitrogens with zero attached hydrogens (tertiary/aromatic N) is 1. The number of hydrogen-bond acceptors (Lipinski definition) is 3. The lowest BCUT2D eigenvalue weighted by Gasteiger charge is -2.09. The van der Waals surface area contributed by atoms with Crippen LogP contribution in [0.4, 0.5) is 5.69 Å². The first-order valence-corrected chi connectivity index (χ1v) is 6.52. The van der Waals surface area contributed by atoms with Crippen LogP contribution in [0, 0.1) is 17.0 Å². The maximum absolute atomic E-state index is 11.0. The molecule has 98 valence electrons. The van der Waals surface area contributed by atoms with Crippen LogP contribution in [0.5, 0.6) is 11.5 Å². The van der Waals surface area contributed by atoms with E-state index in [4.69, 9.17) is 16.3 Å². The lowest BCUT2D eigenvalue weighted by molar-refractivity contribution is -0.385. The molecule has 4 nitrogen and oxygen atoms in total. The molecule has 0 unspecified atom stereocenters. The standard InChI is InChI=1S/C13H9BrClNO3/c1-8-6-9(14)2-4-12(8)19-13-5-3-10(15)7-11(13)16(17)18/h2-7H,1H3. The normalized spacial score (nSPS) is 10.3. The first kappa shape index (κ1) is 13.8. The van der Waals surface area contributed by atoms with Crippen LogP contribution in [0.3, 0.4) is 0 Å². The molecule has 0 aromatic heterocycles. The average molecular weight is 343 g/mol. The number of rotatable bonds is 3. The summed E-state index contributed by atoms with van der Waals surface area (Å²) in [7, 11) is 0. The summed E-state index contributed by atoms with van der Waals surface area (Å²) in [6.45, 7) is 1.86. The second-order valence-electron chi connectivity index (χ2n) is 3.88. The zero-order valence-corrected chi connectivity index (χ0v) is 12.2. The van der Waals surface area contributed by atoms with Gasteiger partial charge in [-0.3, -0.25) is 10.1 Å². The molecule has 0 radical (unpaired) electrons. The van der Waals surface area contributed by atoms with Crippen molar-refractivity contribution in [3.05, 3.63) is 61.6 Å². The van der Waals surface area contributed by atoms with E-state index in [1.165, 1.54) is 12.1 Å². The molecule has 0 saturated heterocycles. The average Bonchev–Trinajstić information content (AvgIpc) is 2.34. The first-order valence-electron chi connectivity index (χ1n) is 5.35. The van der Waals surface area contributed by atoms with Crippen LogP contribution in [0.1, 0.15) is 5.56 Å². The molecule has 0 amide bonds. The summed E-state index contributed by atoms with van der Waals surface area (Å²) in [6, 6.07) is 9.74. The van der Waals surface area contributed by atoms with Gasteiger partial charge >= 0.3 is 5.69 Å². The van der Waals surface area contributed by atoms with E-state index in [0.717, 1.165) is 10.0 Å². The highest BCUT2D eigenvalue weighted by Crippen LogP contribution is 2.35. The third kappa shape index (κ3) is 3.24. The SMILES string of the molecule is Cc1cc(Br)ccc1Oc1ccc(Cl)cc1[N+](=O)[O-]. The Labute approximate surface area is 123 Å². The summed E-state index contributed by atoms with van der Waals surface area (Å²) >= 11 is 9.10. The highest BCUT2D eigenvalue weighted by atomic mass is 79.9. The van der Waals surface area contributed by atoms with E-state index in [1.54, 1.807) is 12.1 Å². The van der Waals surface area contributed by atoms with E-state index < -0.39 is 4.92 Å². The topological polar surface area (TPSA) is 52.4 Å². The van der Waals surface area contributed by atoms with Gasteiger partial charge in [0.15, 0.2) is 0 Å². The lowest BCUT2D eigenvalue weighted by Crippen LogP contribution is -1.94. The molecular weight excluding hydrogens is 334 g/mol. The molecule has 2 rings (SSSR count). The van der Waals surface area contributed by atoms with Crippen LogP contribution in [-0.4, -0.2) is 4.92 Å². The van der Waals surface area contributed by atoms with Crippen LogP contribution in [-0.2, 0) is 0 Å². The molecule has 0 bridgehead atoms. The molecule has 2 aromatic rings. The van der Waals surface area contributed by atoms with Gasteiger partial charge in [-0.2, -0.15) is 0 Å². The quantitative estimate of drug-likeness (QED) is 0.575. The van der Waals surface area contributed by atoms with Crippen molar-refractivity contribution >= 4 is 33.2 Å². The molecule has 0 aliphatic heterocycles. The Morgan fingerprint density at radius 1 is 1.21 bits per heavy atom. The smallest absolute Gasteiger partial charge is 0.313 e. The third-order valence-electron chi connectivity index (χ3n) is 2.47. The number of nitro benzene ring substituents is 1. The van der Waals surface area contributed by atoms with Gasteiger partial charge in [0, 0.05) is 15.6 Å². The molecule has 6 heteroatoms. The van der Waals surface area contributed by atoms with Crippen molar-refractivity contribution in [3.63, 3.8) is 0 Å². The van der Waals surface area contributed by atoms with Crippen LogP contribution in [0.2, 0.25) is 5.02 Å². The Morgan fingerprint density at radius 2 is 1.89 bits per heavy atom. The van der Waals surface area contributed by atoms with E-state index in [2.05, 4.69) is 15.9 Å². The van der Waals surface area contributed by atoms with E-state index in [-0.39, 0.29) is 11.4 Å². The summed E-state index contributed by atoms with van der Waals surface area (Å²) in [6.07, 6.45) is 0. The number of ether oxygens (including phenoxy) is 1. The van der Waals surface area contributed by atoms with Gasteiger partial charge in [-0.25, -0.2) is 0 Å². The highest BCUT2D eigenvalue weighted by Gasteiger charge is 2.17. The summed E-state index contributed by atoms with van der Waals surface area (Å²) in [5.74, 6) is 0.730. The number of hydrogen-bond donors (Lipinski definition) is 0. The molecule has 0 atom stereocenters. The van der Waals surface area contributed by atoms with Crippen molar-refractivity contribution in [3.8, 4) is 11.5 Å². The number of nitro groups is 1. The van der Waals surface area contributed by atoms with E-state index >= 15 is 0 Å². The summed E-state index contributed by atoms with van der Waals surface area (Å²) in [5.41, 5.74) is 0.716. The maximum atomic E-state index is 11.0. The summed E-state index contributed by atoms with van der Waals surface area (Å²) < 4.78 is 6.51. The van der Waals surface area contributed by atoms with E-state index in [9.17, 15) is 10.1 Å². The van der Waals surface area contributed by atoms with E-state index in [1.807, 2.05) is 19.1 Å². The minimum absolute atomic E-state index is 0.158. The predicted octanol–water partition coefficient (Wildman–Crippen LogP) is 5.11. The van der Waals surface area contributed by atoms with Gasteiger partial charge in [0.25, 0.3) is 0 Å². The fraction of sp³-hybridized carbons (Fsp3) is 0.0769. The molecule has 0 heterocycles. The van der Waals surface area contributed by atoms with Crippen LogP contribution in [0.25, 0.3) is 0 Å². The highest BCUT2D eigenvalue weighted by molar-refractivity contribution is 9.10. The van der Waals surface area contributed by atoms with Crippen LogP contribution < -0.4 is 4.74 Å². The maximum Gasteiger partial charge on any atom is 0.313 e. The van der Waals surface area contributed by atoms with Crippen molar-refractivity contribution in [1.29, 1.82) is 0 Å². The van der Waals surface area contributed by atoms with Crippen molar-refractivity contribution in [2.24, 2.45) is 0 Å². The Kier molecular flexibility index (Phi) is 4.07. The van der Waals surface area contributed by atoms with E-state index in [0.29, 0.717) is 10.8 Å². The molecule has 0 fully saturated rings. The summed E-state index contributed by atoms with van der Waals surface area (Å²) in [4.78, 5) is 10.4. The minimum Gasteiger partial charge on any atom is -0.450 e. The number of benzene rings is 2. The number of halogens is 2. The Hall–Kier alpha value is -1.59. The van der Waals surface area contributed by atoms with Gasteiger partial charge in [-0.15, -0.1) is 0 Å². The molecule has 19 heavy (non-hydrogen) atoms. The monoisotopic (exact) mass is 341 g/mol. The van der Waals surface area contributed by atoms with Gasteiger partial charge in [-0.1, -0.05) is 27.5 Å². The molecule has 0 saturated carbocycles. The van der Waals surface area contributed by atoms with Gasteiger partial charge in [0.05, 0.1) is 4.92 Å². The zero-order chi connectivity index (χ0) is 14.0. The van der Waals surface area contributed by atoms with Crippen molar-refractivity contribution in [2.75, 3.05) is 0 Å². The fourth-order valence-electron chi connectivity index (χ4n) is 1.57. The zero-order valence-electron chi connectivity index (χ0n) is 9.89. The second-order valence-corrected chi connectivity index (χ2v) is 5.23. The molecule has 0 N–H and O–H groups in total. The number of aryl methyl sites for hydroxylation is 1. The third-order valence-corrected chi connectivity index (χ3v) is 3.20. The van der Waals surface area contributed by atoms with Crippen LogP contribution in [0.15, 0.2) is 40.9 Å². The fourth-order valence-corrected chi connectivity index (χ4v) is 2.21. The molecular formula is C13H9BrClNO3. The lowest BCUT2D eigenvalue weighted by atomic mass is 10.2. The Bertz CT molecular complexity index is 646. The van der Waals surface area contributed by atoms with Crippen molar-refractivity contribution in [2.45, 2.75) is 6.92 Å². The van der Waals surface area contributed by atoms with Crippen LogP contribution >= 0.6 is 27.5 Å². The predicted molar refractivity (Wildman–Crippen MR) is 77.1 cm³/mol. The molecule has 0 aliphatic rings. The van der Waals surface area contributed by atoms with Gasteiger partial charge in [0.2, 0.25) is 5.75 Å². The second kappa shape index (κ2) is 5.59. The van der Waals surface area contributed by atoms with Crippen molar-refractivity contribution in [1.82, 2.24) is 0 Å². The van der Waals surface area contributed by atoms with Gasteiger partial charge in [-0.05, 0) is 42.8 Å².